The molecule has 2 heterocycles. The summed E-state index contributed by atoms with van der Waals surface area (Å²) in [7, 11) is -3.76. The average molecular weight is 389 g/mol. The minimum atomic E-state index is -3.76. The smallest absolute Gasteiger partial charge is 0.260 e. The highest BCUT2D eigenvalue weighted by Gasteiger charge is 2.30. The molecule has 2 aliphatic heterocycles. The standard InChI is InChI=1S/C16H21ClN2O5S/c17-13-3-4-14(24-12-16(20)18-5-1-2-6-18)15(11-13)25(21,22)19-7-9-23-10-8-19/h3-4,11H,1-2,5-10,12H2. The van der Waals surface area contributed by atoms with Gasteiger partial charge in [-0.05, 0) is 31.0 Å². The van der Waals surface area contributed by atoms with Crippen molar-refractivity contribution in [3.8, 4) is 5.75 Å². The molecule has 1 amide bonds. The number of carbonyl (C=O) groups excluding carboxylic acids is 1. The van der Waals surface area contributed by atoms with Gasteiger partial charge in [-0.1, -0.05) is 11.6 Å². The van der Waals surface area contributed by atoms with Gasteiger partial charge in [0, 0.05) is 31.2 Å². The van der Waals surface area contributed by atoms with Gasteiger partial charge in [0.2, 0.25) is 10.0 Å². The molecular formula is C16H21ClN2O5S. The van der Waals surface area contributed by atoms with Crippen LogP contribution < -0.4 is 4.74 Å². The molecule has 0 radical (unpaired) electrons. The summed E-state index contributed by atoms with van der Waals surface area (Å²) in [5.41, 5.74) is 0. The second-order valence-electron chi connectivity index (χ2n) is 5.98. The molecule has 0 aromatic heterocycles. The number of morpholine rings is 1. The van der Waals surface area contributed by atoms with Crippen LogP contribution in [-0.2, 0) is 19.6 Å². The summed E-state index contributed by atoms with van der Waals surface area (Å²) in [4.78, 5) is 13.9. The maximum absolute atomic E-state index is 12.9. The first-order chi connectivity index (χ1) is 12.0. The summed E-state index contributed by atoms with van der Waals surface area (Å²) >= 11 is 5.99. The molecule has 0 aliphatic carbocycles. The highest BCUT2D eigenvalue weighted by atomic mass is 35.5. The van der Waals surface area contributed by atoms with Crippen LogP contribution in [-0.4, -0.2) is 69.5 Å². The van der Waals surface area contributed by atoms with E-state index in [4.69, 9.17) is 21.1 Å². The normalized spacial score (nSPS) is 19.2. The second kappa shape index (κ2) is 7.90. The number of halogens is 1. The van der Waals surface area contributed by atoms with Gasteiger partial charge in [0.15, 0.2) is 6.61 Å². The van der Waals surface area contributed by atoms with Gasteiger partial charge < -0.3 is 14.4 Å². The molecule has 25 heavy (non-hydrogen) atoms. The van der Waals surface area contributed by atoms with Crippen LogP contribution in [0.15, 0.2) is 23.1 Å². The van der Waals surface area contributed by atoms with Gasteiger partial charge in [0.1, 0.15) is 10.6 Å². The topological polar surface area (TPSA) is 76.2 Å². The van der Waals surface area contributed by atoms with Gasteiger partial charge in [-0.25, -0.2) is 8.42 Å². The first-order valence-corrected chi connectivity index (χ1v) is 10.1. The zero-order valence-electron chi connectivity index (χ0n) is 13.8. The monoisotopic (exact) mass is 388 g/mol. The third-order valence-electron chi connectivity index (χ3n) is 4.30. The van der Waals surface area contributed by atoms with E-state index in [1.165, 1.54) is 16.4 Å². The zero-order valence-corrected chi connectivity index (χ0v) is 15.4. The molecule has 2 saturated heterocycles. The fraction of sp³-hybridized carbons (Fsp3) is 0.562. The Bertz CT molecular complexity index is 728. The van der Waals surface area contributed by atoms with Gasteiger partial charge in [-0.3, -0.25) is 4.79 Å². The van der Waals surface area contributed by atoms with E-state index >= 15 is 0 Å². The Morgan fingerprint density at radius 1 is 1.16 bits per heavy atom. The van der Waals surface area contributed by atoms with E-state index in [9.17, 15) is 13.2 Å². The van der Waals surface area contributed by atoms with E-state index in [0.717, 1.165) is 25.9 Å². The quantitative estimate of drug-likeness (QED) is 0.761. The number of likely N-dealkylation sites (tertiary alicyclic amines) is 1. The average Bonchev–Trinajstić information content (AvgIpc) is 3.16. The number of benzene rings is 1. The Hall–Kier alpha value is -1.35. The third kappa shape index (κ3) is 4.25. The van der Waals surface area contributed by atoms with E-state index < -0.39 is 10.0 Å². The van der Waals surface area contributed by atoms with Crippen molar-refractivity contribution < 1.29 is 22.7 Å². The van der Waals surface area contributed by atoms with Crippen molar-refractivity contribution in [2.24, 2.45) is 0 Å². The summed E-state index contributed by atoms with van der Waals surface area (Å²) < 4.78 is 37.9. The zero-order chi connectivity index (χ0) is 17.9. The molecular weight excluding hydrogens is 368 g/mol. The van der Waals surface area contributed by atoms with Crippen molar-refractivity contribution in [1.29, 1.82) is 0 Å². The van der Waals surface area contributed by atoms with E-state index in [1.54, 1.807) is 11.0 Å². The molecule has 0 saturated carbocycles. The first-order valence-electron chi connectivity index (χ1n) is 8.26. The predicted octanol–water partition coefficient (Wildman–Crippen LogP) is 1.36. The Balaban J connectivity index is 1.79. The molecule has 9 heteroatoms. The summed E-state index contributed by atoms with van der Waals surface area (Å²) in [6, 6.07) is 4.41. The van der Waals surface area contributed by atoms with E-state index in [1.807, 2.05) is 0 Å². The lowest BCUT2D eigenvalue weighted by atomic mass is 10.3. The number of carbonyl (C=O) groups is 1. The van der Waals surface area contributed by atoms with Crippen LogP contribution in [0.2, 0.25) is 5.02 Å². The highest BCUT2D eigenvalue weighted by molar-refractivity contribution is 7.89. The van der Waals surface area contributed by atoms with Crippen LogP contribution in [0.3, 0.4) is 0 Å². The van der Waals surface area contributed by atoms with Gasteiger partial charge in [-0.15, -0.1) is 0 Å². The van der Waals surface area contributed by atoms with Gasteiger partial charge >= 0.3 is 0 Å². The Kier molecular flexibility index (Phi) is 5.83. The summed E-state index contributed by atoms with van der Waals surface area (Å²) in [6.45, 7) is 2.52. The van der Waals surface area contributed by atoms with Gasteiger partial charge in [0.05, 0.1) is 13.2 Å². The van der Waals surface area contributed by atoms with E-state index in [2.05, 4.69) is 0 Å². The Morgan fingerprint density at radius 3 is 2.52 bits per heavy atom. The minimum absolute atomic E-state index is 0.0175. The van der Waals surface area contributed by atoms with Crippen molar-refractivity contribution in [2.45, 2.75) is 17.7 Å². The van der Waals surface area contributed by atoms with Crippen molar-refractivity contribution in [1.82, 2.24) is 9.21 Å². The molecule has 0 spiro atoms. The fourth-order valence-corrected chi connectivity index (χ4v) is 4.73. The van der Waals surface area contributed by atoms with Gasteiger partial charge in [0.25, 0.3) is 5.91 Å². The van der Waals surface area contributed by atoms with Crippen LogP contribution in [0.1, 0.15) is 12.8 Å². The van der Waals surface area contributed by atoms with Crippen LogP contribution in [0, 0.1) is 0 Å². The lowest BCUT2D eigenvalue weighted by Gasteiger charge is -2.27. The predicted molar refractivity (Wildman–Crippen MR) is 92.3 cm³/mol. The van der Waals surface area contributed by atoms with Crippen LogP contribution in [0.5, 0.6) is 5.75 Å². The van der Waals surface area contributed by atoms with Crippen molar-refractivity contribution in [2.75, 3.05) is 46.0 Å². The number of hydrogen-bond donors (Lipinski definition) is 0. The molecule has 1 aromatic rings. The number of amides is 1. The number of rotatable bonds is 5. The van der Waals surface area contributed by atoms with Crippen molar-refractivity contribution in [3.63, 3.8) is 0 Å². The highest BCUT2D eigenvalue weighted by Crippen LogP contribution is 2.30. The molecule has 2 fully saturated rings. The largest absolute Gasteiger partial charge is 0.482 e. The Labute approximate surface area is 152 Å². The van der Waals surface area contributed by atoms with Crippen LogP contribution in [0.4, 0.5) is 0 Å². The lowest BCUT2D eigenvalue weighted by Crippen LogP contribution is -2.40. The fourth-order valence-electron chi connectivity index (χ4n) is 2.93. The molecule has 2 aliphatic rings. The van der Waals surface area contributed by atoms with Crippen LogP contribution >= 0.6 is 11.6 Å². The summed E-state index contributed by atoms with van der Waals surface area (Å²) in [5.74, 6) is 0.00519. The molecule has 3 rings (SSSR count). The molecule has 0 bridgehead atoms. The van der Waals surface area contributed by atoms with Crippen molar-refractivity contribution >= 4 is 27.5 Å². The van der Waals surface area contributed by atoms with Crippen LogP contribution in [0.25, 0.3) is 0 Å². The second-order valence-corrected chi connectivity index (χ2v) is 8.33. The third-order valence-corrected chi connectivity index (χ3v) is 6.46. The maximum atomic E-state index is 12.9. The summed E-state index contributed by atoms with van der Waals surface area (Å²) in [5, 5.41) is 0.296. The number of sulfonamides is 1. The first kappa shape index (κ1) is 18.4. The van der Waals surface area contributed by atoms with Gasteiger partial charge in [-0.2, -0.15) is 4.31 Å². The van der Waals surface area contributed by atoms with Crippen molar-refractivity contribution in [3.05, 3.63) is 23.2 Å². The Morgan fingerprint density at radius 2 is 1.84 bits per heavy atom. The molecule has 0 unspecified atom stereocenters. The minimum Gasteiger partial charge on any atom is -0.482 e. The van der Waals surface area contributed by atoms with E-state index in [-0.39, 0.29) is 36.2 Å². The molecule has 0 N–H and O–H groups in total. The summed E-state index contributed by atoms with van der Waals surface area (Å²) in [6.07, 6.45) is 1.98. The molecule has 7 nitrogen and oxygen atoms in total. The number of nitrogens with zero attached hydrogens (tertiary/aromatic N) is 2. The number of hydrogen-bond acceptors (Lipinski definition) is 5. The maximum Gasteiger partial charge on any atom is 0.260 e. The lowest BCUT2D eigenvalue weighted by molar-refractivity contribution is -0.132. The molecule has 0 atom stereocenters. The molecule has 1 aromatic carbocycles. The molecule has 138 valence electrons. The van der Waals surface area contributed by atoms with E-state index in [0.29, 0.717) is 18.2 Å². The number of ether oxygens (including phenoxy) is 2. The SMILES string of the molecule is O=C(COc1ccc(Cl)cc1S(=O)(=O)N1CCOCC1)N1CCCC1.